The fourth-order valence-corrected chi connectivity index (χ4v) is 32.6. The second-order valence-corrected chi connectivity index (χ2v) is 71.8. The Kier molecular flexibility index (Phi) is 44.2. The van der Waals surface area contributed by atoms with Crippen molar-refractivity contribution in [1.82, 2.24) is 0 Å². The molecule has 0 radical (unpaired) electrons. The van der Waals surface area contributed by atoms with E-state index in [1.54, 1.807) is 16.9 Å². The summed E-state index contributed by atoms with van der Waals surface area (Å²) in [6.07, 6.45) is 83.2. The third-order valence-corrected chi connectivity index (χ3v) is 48.2. The third kappa shape index (κ3) is 29.2. The summed E-state index contributed by atoms with van der Waals surface area (Å²) in [6.45, 7) is 9.32. The summed E-state index contributed by atoms with van der Waals surface area (Å²) < 4.78 is 3.40. The average Bonchev–Trinajstić information content (AvgIpc) is 1.50. The molecule has 9 rings (SSSR count). The zero-order valence-corrected chi connectivity index (χ0v) is 83.1. The summed E-state index contributed by atoms with van der Waals surface area (Å²) in [4.78, 5) is 19.1. The molecular formula is C110H170S2Sn2. The molecule has 114 heavy (non-hydrogen) atoms. The van der Waals surface area contributed by atoms with Gasteiger partial charge in [0.25, 0.3) is 0 Å². The van der Waals surface area contributed by atoms with Gasteiger partial charge in [-0.05, 0) is 0 Å². The number of rotatable bonds is 66. The standard InChI is InChI=1S/C104H152S2.6CH3.2Sn/c1-5-9-13-17-21-25-29-33-37-41-45-49-53-57-61-87-65-73-91(74-66-87)103(92-75-67-88(68-76-92)62-58-54-50-46-42-38-34-30-26-22-18-14-10-6-2)97-81-83-105-101(97)95-86-100-96(85-99(95)103)102-98(82-84-106-102)104(100,93-77-69-89(70-78-93)63-59-55-51-47-43-39-35-31-27-23-19-15-11-7-3)94-79-71-90(72-80-94)64-60-56-52-48-44-40-36-32-28-24-20-16-12-8-4;;;;;;;;/h65-82,85-86H,5-64H2,1-4H3;6*1H3;;. The minimum atomic E-state index is -2.68. The topological polar surface area (TPSA) is 0 Å². The number of benzene rings is 5. The summed E-state index contributed by atoms with van der Waals surface area (Å²) in [5.74, 6) is 0. The van der Waals surface area contributed by atoms with Crippen LogP contribution in [0.1, 0.15) is 454 Å². The summed E-state index contributed by atoms with van der Waals surface area (Å²) in [5, 5.41) is 0. The van der Waals surface area contributed by atoms with Crippen molar-refractivity contribution in [2.75, 3.05) is 0 Å². The third-order valence-electron chi connectivity index (χ3n) is 27.0. The zero-order chi connectivity index (χ0) is 80.4. The van der Waals surface area contributed by atoms with Crippen LogP contribution in [-0.4, -0.2) is 36.8 Å². The molecule has 4 heteroatoms. The Morgan fingerprint density at radius 1 is 0.202 bits per heavy atom. The number of fused-ring (bicyclic) bond motifs is 6. The molecule has 0 bridgehead atoms. The van der Waals surface area contributed by atoms with E-state index in [9.17, 15) is 0 Å². The van der Waals surface area contributed by atoms with Crippen LogP contribution in [0.3, 0.4) is 0 Å². The molecule has 0 spiro atoms. The van der Waals surface area contributed by atoms with Crippen LogP contribution in [0.25, 0.3) is 20.9 Å². The molecule has 2 heterocycles. The molecule has 2 aliphatic carbocycles. The fraction of sp³-hybridized carbons (Fsp3) is 0.655. The van der Waals surface area contributed by atoms with Crippen LogP contribution in [0.15, 0.2) is 121 Å². The molecule has 0 unspecified atom stereocenters. The van der Waals surface area contributed by atoms with Crippen molar-refractivity contribution in [1.29, 1.82) is 0 Å². The first-order valence-corrected chi connectivity index (χ1v) is 71.3. The summed E-state index contributed by atoms with van der Waals surface area (Å²) in [7, 11) is 0. The van der Waals surface area contributed by atoms with E-state index in [1.807, 2.05) is 0 Å². The van der Waals surface area contributed by atoms with Crippen LogP contribution in [-0.2, 0) is 36.5 Å². The van der Waals surface area contributed by atoms with Gasteiger partial charge in [-0.2, -0.15) is 0 Å². The number of hydrogen-bond donors (Lipinski definition) is 0. The van der Waals surface area contributed by atoms with E-state index in [1.165, 1.54) is 462 Å². The second kappa shape index (κ2) is 53.1. The molecule has 0 nitrogen and oxygen atoms in total. The van der Waals surface area contributed by atoms with E-state index in [2.05, 4.69) is 201 Å². The summed E-state index contributed by atoms with van der Waals surface area (Å²) >= 11 is -0.963. The first kappa shape index (κ1) is 94.9. The number of hydrogen-bond acceptors (Lipinski definition) is 2. The number of thiophene rings is 2. The van der Waals surface area contributed by atoms with Gasteiger partial charge in [0.1, 0.15) is 0 Å². The van der Waals surface area contributed by atoms with Crippen LogP contribution in [0.4, 0.5) is 0 Å². The Labute approximate surface area is 721 Å². The Hall–Kier alpha value is -2.90. The minimum absolute atomic E-state index is 0.453. The summed E-state index contributed by atoms with van der Waals surface area (Å²) in [6, 6.07) is 52.9. The summed E-state index contributed by atoms with van der Waals surface area (Å²) in [5.41, 5.74) is 20.0. The van der Waals surface area contributed by atoms with Gasteiger partial charge in [0, 0.05) is 0 Å². The second-order valence-electron chi connectivity index (χ2n) is 38.8. The molecule has 0 N–H and O–H groups in total. The first-order chi connectivity index (χ1) is 55.8. The van der Waals surface area contributed by atoms with E-state index in [0.29, 0.717) is 0 Å². The van der Waals surface area contributed by atoms with Crippen molar-refractivity contribution >= 4 is 65.2 Å². The van der Waals surface area contributed by atoms with Gasteiger partial charge in [-0.15, -0.1) is 0 Å². The number of aryl methyl sites for hydroxylation is 4. The van der Waals surface area contributed by atoms with E-state index in [-0.39, 0.29) is 0 Å². The van der Waals surface area contributed by atoms with Gasteiger partial charge in [0.2, 0.25) is 0 Å². The molecule has 630 valence electrons. The van der Waals surface area contributed by atoms with Gasteiger partial charge in [0.05, 0.1) is 0 Å². The van der Waals surface area contributed by atoms with Crippen molar-refractivity contribution in [3.05, 3.63) is 188 Å². The van der Waals surface area contributed by atoms with Gasteiger partial charge in [-0.3, -0.25) is 0 Å². The van der Waals surface area contributed by atoms with Crippen molar-refractivity contribution < 1.29 is 0 Å². The van der Waals surface area contributed by atoms with Crippen LogP contribution < -0.4 is 5.79 Å². The fourth-order valence-electron chi connectivity index (χ4n) is 19.7. The average molecular weight is 1790 g/mol. The Morgan fingerprint density at radius 3 is 0.535 bits per heavy atom. The molecule has 0 saturated heterocycles. The molecular weight excluding hydrogens is 1620 g/mol. The van der Waals surface area contributed by atoms with Gasteiger partial charge < -0.3 is 0 Å². The maximum absolute atomic E-state index is 2.84. The molecule has 0 fully saturated rings. The van der Waals surface area contributed by atoms with E-state index >= 15 is 0 Å². The maximum atomic E-state index is 2.84. The SMILES string of the molecule is CCCCCCCCCCCCCCCCc1ccc(C2(c3ccc(CCCCCCCCCCCCCCCC)cc3)c3cc4c(cc3-c3s[c]([Sn]([CH3])([CH3])[CH3])cc32)C(c2ccc(CCCCCCCCCCCCCCCC)cc2)(c2ccc(CCCCCCCCCCCCCCCC)cc2)c2c[c]([Sn]([CH3])([CH3])[CH3])sc2-4)cc1. The van der Waals surface area contributed by atoms with Crippen LogP contribution in [0.2, 0.25) is 29.6 Å². The zero-order valence-electron chi connectivity index (χ0n) is 75.8. The molecule has 2 aliphatic rings. The first-order valence-electron chi connectivity index (χ1n) is 49.7. The predicted molar refractivity (Wildman–Crippen MR) is 519 cm³/mol. The van der Waals surface area contributed by atoms with Crippen molar-refractivity contribution in [3.8, 4) is 20.9 Å². The molecule has 0 atom stereocenters. The van der Waals surface area contributed by atoms with Gasteiger partial charge in [0.15, 0.2) is 0 Å². The predicted octanol–water partition coefficient (Wildman–Crippen LogP) is 35.7. The molecule has 7 aromatic rings. The van der Waals surface area contributed by atoms with E-state index in [4.69, 9.17) is 0 Å². The molecule has 0 amide bonds. The van der Waals surface area contributed by atoms with Crippen LogP contribution in [0, 0.1) is 0 Å². The van der Waals surface area contributed by atoms with Crippen molar-refractivity contribution in [2.24, 2.45) is 0 Å². The van der Waals surface area contributed by atoms with Crippen molar-refractivity contribution in [3.63, 3.8) is 0 Å². The Balaban J connectivity index is 1.02. The van der Waals surface area contributed by atoms with E-state index in [0.717, 1.165) is 0 Å². The monoisotopic (exact) mass is 1800 g/mol. The molecule has 5 aromatic carbocycles. The quantitative estimate of drug-likeness (QED) is 0.0263. The molecule has 2 aromatic heterocycles. The van der Waals surface area contributed by atoms with Gasteiger partial charge >= 0.3 is 417 Å². The van der Waals surface area contributed by atoms with Crippen molar-refractivity contribution in [2.45, 2.75) is 453 Å². The molecule has 0 aliphatic heterocycles. The van der Waals surface area contributed by atoms with Crippen LogP contribution in [0.5, 0.6) is 0 Å². The van der Waals surface area contributed by atoms with Gasteiger partial charge in [-0.1, -0.05) is 310 Å². The van der Waals surface area contributed by atoms with Gasteiger partial charge in [-0.25, -0.2) is 0 Å². The molecule has 0 saturated carbocycles. The normalized spacial score (nSPS) is 13.5. The Bertz CT molecular complexity index is 3280. The Morgan fingerprint density at radius 2 is 0.368 bits per heavy atom. The number of unbranched alkanes of at least 4 members (excludes halogenated alkanes) is 52. The van der Waals surface area contributed by atoms with Crippen LogP contribution >= 0.6 is 22.7 Å². The van der Waals surface area contributed by atoms with E-state index < -0.39 is 47.6 Å².